The molecular weight excluding hydrogens is 583 g/mol. The fraction of sp³-hybridized carbons (Fsp3) is 0.381. The second-order valence-electron chi connectivity index (χ2n) is 13.4. The molecule has 4 unspecified atom stereocenters. The molecule has 0 aliphatic heterocycles. The SMILES string of the molecule is CCC(C)c1ccc2cc(-c3cccc(OP(O)O)c3-c3cc4ccc(C(C)CC)cc4cc3C(C)CC)c(C(C)CC)cc2c1. The molecule has 5 aromatic rings. The number of hydrogen-bond acceptors (Lipinski definition) is 3. The van der Waals surface area contributed by atoms with Gasteiger partial charge in [-0.25, -0.2) is 0 Å². The molecule has 4 atom stereocenters. The van der Waals surface area contributed by atoms with E-state index in [1.54, 1.807) is 0 Å². The molecule has 2 N–H and O–H groups in total. The quantitative estimate of drug-likeness (QED) is 0.134. The van der Waals surface area contributed by atoms with E-state index in [9.17, 15) is 9.79 Å². The largest absolute Gasteiger partial charge is 0.426 e. The summed E-state index contributed by atoms with van der Waals surface area (Å²) in [6, 6.07) is 29.1. The molecule has 0 spiro atoms. The number of fused-ring (bicyclic) bond motifs is 2. The molecule has 0 fully saturated rings. The van der Waals surface area contributed by atoms with E-state index in [-0.39, 0.29) is 0 Å². The Bertz CT molecular complexity index is 1820. The van der Waals surface area contributed by atoms with Crippen molar-refractivity contribution < 1.29 is 14.3 Å². The molecular formula is C42H51O3P. The summed E-state index contributed by atoms with van der Waals surface area (Å²) in [6.45, 7) is 18.1. The fourth-order valence-corrected chi connectivity index (χ4v) is 6.98. The predicted molar refractivity (Wildman–Crippen MR) is 199 cm³/mol. The zero-order valence-corrected chi connectivity index (χ0v) is 29.8. The van der Waals surface area contributed by atoms with Crippen LogP contribution in [0.5, 0.6) is 5.75 Å². The van der Waals surface area contributed by atoms with E-state index in [2.05, 4.69) is 122 Å². The fourth-order valence-electron chi connectivity index (χ4n) is 6.65. The third-order valence-electron chi connectivity index (χ3n) is 10.5. The van der Waals surface area contributed by atoms with Gasteiger partial charge in [0.2, 0.25) is 0 Å². The van der Waals surface area contributed by atoms with Gasteiger partial charge in [-0.05, 0) is 128 Å². The van der Waals surface area contributed by atoms with Crippen molar-refractivity contribution >= 4 is 30.1 Å². The minimum Gasteiger partial charge on any atom is -0.426 e. The Labute approximate surface area is 277 Å². The summed E-state index contributed by atoms with van der Waals surface area (Å²) in [5.41, 5.74) is 9.51. The van der Waals surface area contributed by atoms with Gasteiger partial charge in [0.1, 0.15) is 5.75 Å². The lowest BCUT2D eigenvalue weighted by atomic mass is 9.81. The lowest BCUT2D eigenvalue weighted by molar-refractivity contribution is 0.375. The summed E-state index contributed by atoms with van der Waals surface area (Å²) in [5.74, 6) is 2.13. The first-order valence-electron chi connectivity index (χ1n) is 17.2. The van der Waals surface area contributed by atoms with Crippen molar-refractivity contribution in [3.8, 4) is 28.0 Å². The standard InChI is InChI=1S/C42H51O3P/c1-9-26(5)30-16-18-32-22-39(37(28(7)11-3)24-34(32)20-30)36-14-13-15-41(45-46(43)44)42(36)40-23-33-19-17-31(27(6)10-2)21-35(33)25-38(40)29(8)12-4/h13-29,43-44H,9-12H2,1-8H3. The Hall–Kier alpha value is -3.23. The molecule has 0 radical (unpaired) electrons. The molecule has 5 rings (SSSR count). The highest BCUT2D eigenvalue weighted by Crippen LogP contribution is 2.49. The second kappa shape index (κ2) is 14.7. The summed E-state index contributed by atoms with van der Waals surface area (Å²) in [6.07, 6.45) is 4.21. The first-order chi connectivity index (χ1) is 22.1. The van der Waals surface area contributed by atoms with Gasteiger partial charge in [-0.2, -0.15) is 0 Å². The van der Waals surface area contributed by atoms with Gasteiger partial charge in [0.05, 0.1) is 0 Å². The molecule has 0 bridgehead atoms. The Morgan fingerprint density at radius 2 is 1.00 bits per heavy atom. The predicted octanol–water partition coefficient (Wildman–Crippen LogP) is 13.0. The third kappa shape index (κ3) is 6.89. The van der Waals surface area contributed by atoms with E-state index >= 15 is 0 Å². The molecule has 5 aromatic carbocycles. The number of rotatable bonds is 12. The molecule has 3 nitrogen and oxygen atoms in total. The van der Waals surface area contributed by atoms with E-state index in [0.717, 1.165) is 42.4 Å². The highest BCUT2D eigenvalue weighted by atomic mass is 31.2. The molecule has 46 heavy (non-hydrogen) atoms. The van der Waals surface area contributed by atoms with E-state index in [4.69, 9.17) is 4.52 Å². The van der Waals surface area contributed by atoms with Crippen LogP contribution in [0.3, 0.4) is 0 Å². The molecule has 0 aliphatic carbocycles. The molecule has 242 valence electrons. The van der Waals surface area contributed by atoms with Crippen molar-refractivity contribution in [1.29, 1.82) is 0 Å². The monoisotopic (exact) mass is 634 g/mol. The third-order valence-corrected chi connectivity index (χ3v) is 10.8. The average Bonchev–Trinajstić information content (AvgIpc) is 3.08. The van der Waals surface area contributed by atoms with Crippen molar-refractivity contribution in [3.63, 3.8) is 0 Å². The number of hydrogen-bond donors (Lipinski definition) is 2. The maximum Gasteiger partial charge on any atom is 0.391 e. The Kier molecular flexibility index (Phi) is 10.9. The Morgan fingerprint density at radius 1 is 0.522 bits per heavy atom. The summed E-state index contributed by atoms with van der Waals surface area (Å²) in [5, 5.41) is 4.88. The maximum absolute atomic E-state index is 10.2. The minimum absolute atomic E-state index is 0.293. The molecule has 0 aromatic heterocycles. The topological polar surface area (TPSA) is 49.7 Å². The highest BCUT2D eigenvalue weighted by molar-refractivity contribution is 7.39. The van der Waals surface area contributed by atoms with Crippen molar-refractivity contribution in [2.24, 2.45) is 0 Å². The molecule has 0 amide bonds. The normalized spacial score (nSPS) is 14.5. The van der Waals surface area contributed by atoms with Crippen molar-refractivity contribution in [1.82, 2.24) is 0 Å². The van der Waals surface area contributed by atoms with Crippen LogP contribution in [0.1, 0.15) is 127 Å². The number of benzene rings is 5. The minimum atomic E-state index is -2.60. The average molecular weight is 635 g/mol. The van der Waals surface area contributed by atoms with Gasteiger partial charge in [-0.15, -0.1) is 0 Å². The van der Waals surface area contributed by atoms with Crippen LogP contribution in [-0.4, -0.2) is 9.79 Å². The van der Waals surface area contributed by atoms with Crippen LogP contribution in [0.25, 0.3) is 43.8 Å². The van der Waals surface area contributed by atoms with Gasteiger partial charge in [-0.3, -0.25) is 0 Å². The van der Waals surface area contributed by atoms with Gasteiger partial charge < -0.3 is 14.3 Å². The zero-order valence-electron chi connectivity index (χ0n) is 28.9. The van der Waals surface area contributed by atoms with E-state index in [1.807, 2.05) is 12.1 Å². The molecule has 0 saturated heterocycles. The molecule has 0 aliphatic rings. The smallest absolute Gasteiger partial charge is 0.391 e. The first-order valence-corrected chi connectivity index (χ1v) is 18.4. The summed E-state index contributed by atoms with van der Waals surface area (Å²) >= 11 is 0. The lowest BCUT2D eigenvalue weighted by Gasteiger charge is -2.24. The van der Waals surface area contributed by atoms with E-state index < -0.39 is 8.60 Å². The van der Waals surface area contributed by atoms with E-state index in [1.165, 1.54) is 49.4 Å². The lowest BCUT2D eigenvalue weighted by Crippen LogP contribution is -2.02. The van der Waals surface area contributed by atoms with Crippen LogP contribution >= 0.6 is 8.60 Å². The Morgan fingerprint density at radius 3 is 1.48 bits per heavy atom. The maximum atomic E-state index is 10.2. The Balaban J connectivity index is 1.85. The van der Waals surface area contributed by atoms with Crippen molar-refractivity contribution in [3.05, 3.63) is 101 Å². The zero-order chi connectivity index (χ0) is 33.1. The molecule has 4 heteroatoms. The van der Waals surface area contributed by atoms with E-state index in [0.29, 0.717) is 29.4 Å². The summed E-state index contributed by atoms with van der Waals surface area (Å²) in [7, 11) is -2.60. The second-order valence-corrected chi connectivity index (χ2v) is 14.0. The van der Waals surface area contributed by atoms with Gasteiger partial charge in [-0.1, -0.05) is 116 Å². The molecule has 0 heterocycles. The molecule has 0 saturated carbocycles. The van der Waals surface area contributed by atoms with Crippen LogP contribution in [0.4, 0.5) is 0 Å². The van der Waals surface area contributed by atoms with Gasteiger partial charge >= 0.3 is 8.60 Å². The van der Waals surface area contributed by atoms with Gasteiger partial charge in [0.25, 0.3) is 0 Å². The van der Waals surface area contributed by atoms with Crippen LogP contribution in [0.2, 0.25) is 0 Å². The summed E-state index contributed by atoms with van der Waals surface area (Å²) in [4.78, 5) is 20.3. The van der Waals surface area contributed by atoms with Crippen molar-refractivity contribution in [2.45, 2.75) is 105 Å². The van der Waals surface area contributed by atoms with Crippen LogP contribution in [-0.2, 0) is 0 Å². The van der Waals surface area contributed by atoms with Crippen LogP contribution in [0.15, 0.2) is 78.9 Å². The van der Waals surface area contributed by atoms with Crippen LogP contribution in [0, 0.1) is 0 Å². The van der Waals surface area contributed by atoms with Gasteiger partial charge in [0.15, 0.2) is 0 Å². The first kappa shape index (κ1) is 34.1. The van der Waals surface area contributed by atoms with Crippen molar-refractivity contribution in [2.75, 3.05) is 0 Å². The van der Waals surface area contributed by atoms with Gasteiger partial charge in [0, 0.05) is 5.56 Å². The summed E-state index contributed by atoms with van der Waals surface area (Å²) < 4.78 is 5.85. The highest BCUT2D eigenvalue weighted by Gasteiger charge is 2.24. The van der Waals surface area contributed by atoms with Crippen LogP contribution < -0.4 is 4.52 Å².